The molecule has 0 saturated heterocycles. The molecule has 2 aromatic rings. The zero-order valence-corrected chi connectivity index (χ0v) is 18.1. The number of nitrogens with zero attached hydrogens (tertiary/aromatic N) is 2. The monoisotopic (exact) mass is 382 g/mol. The number of ether oxygens (including phenoxy) is 1. The molecule has 0 aliphatic rings. The second-order valence-electron chi connectivity index (χ2n) is 7.88. The molecule has 0 unspecified atom stereocenters. The molecule has 0 amide bonds. The minimum atomic E-state index is 0.259. The van der Waals surface area contributed by atoms with Crippen LogP contribution in [0, 0.1) is 0 Å². The molecule has 1 heterocycles. The Balaban J connectivity index is 1.78. The van der Waals surface area contributed by atoms with Gasteiger partial charge in [0.05, 0.1) is 6.10 Å². The van der Waals surface area contributed by atoms with Crippen molar-refractivity contribution in [3.63, 3.8) is 0 Å². The van der Waals surface area contributed by atoms with E-state index >= 15 is 0 Å². The Morgan fingerprint density at radius 1 is 0.786 bits per heavy atom. The van der Waals surface area contributed by atoms with Crippen LogP contribution >= 0.6 is 0 Å². The molecule has 154 valence electrons. The number of aryl methyl sites for hydroxylation is 1. The van der Waals surface area contributed by atoms with Gasteiger partial charge < -0.3 is 4.74 Å². The van der Waals surface area contributed by atoms with Crippen LogP contribution in [0.5, 0.6) is 5.75 Å². The van der Waals surface area contributed by atoms with Gasteiger partial charge in [-0.3, -0.25) is 0 Å². The van der Waals surface area contributed by atoms with Crippen molar-refractivity contribution in [1.82, 2.24) is 9.97 Å². The van der Waals surface area contributed by atoms with E-state index in [1.165, 1.54) is 63.4 Å². The van der Waals surface area contributed by atoms with E-state index in [2.05, 4.69) is 42.9 Å². The van der Waals surface area contributed by atoms with Crippen molar-refractivity contribution in [3.8, 4) is 17.1 Å². The molecule has 28 heavy (non-hydrogen) atoms. The largest absolute Gasteiger partial charge is 0.491 e. The van der Waals surface area contributed by atoms with Crippen molar-refractivity contribution in [2.75, 3.05) is 0 Å². The Hall–Kier alpha value is -1.90. The van der Waals surface area contributed by atoms with Gasteiger partial charge in [0.2, 0.25) is 0 Å². The molecular formula is C25H38N2O. The Morgan fingerprint density at radius 3 is 2.07 bits per heavy atom. The molecule has 0 saturated carbocycles. The molecule has 0 aliphatic carbocycles. The fourth-order valence-electron chi connectivity index (χ4n) is 3.40. The molecule has 2 rings (SSSR count). The van der Waals surface area contributed by atoms with Gasteiger partial charge in [-0.1, -0.05) is 58.8 Å². The van der Waals surface area contributed by atoms with Crippen molar-refractivity contribution in [2.45, 2.75) is 97.5 Å². The van der Waals surface area contributed by atoms with Crippen molar-refractivity contribution >= 4 is 0 Å². The van der Waals surface area contributed by atoms with E-state index in [-0.39, 0.29) is 6.10 Å². The van der Waals surface area contributed by atoms with Crippen molar-refractivity contribution in [1.29, 1.82) is 0 Å². The normalized spacial score (nSPS) is 12.1. The van der Waals surface area contributed by atoms with Gasteiger partial charge >= 0.3 is 0 Å². The maximum atomic E-state index is 6.01. The predicted molar refractivity (Wildman–Crippen MR) is 119 cm³/mol. The van der Waals surface area contributed by atoms with E-state index in [1.54, 1.807) is 0 Å². The first-order valence-electron chi connectivity index (χ1n) is 11.3. The smallest absolute Gasteiger partial charge is 0.159 e. The summed E-state index contributed by atoms with van der Waals surface area (Å²) in [7, 11) is 0. The first-order valence-corrected chi connectivity index (χ1v) is 11.3. The van der Waals surface area contributed by atoms with E-state index in [0.717, 1.165) is 30.0 Å². The molecule has 1 aromatic carbocycles. The third kappa shape index (κ3) is 8.41. The van der Waals surface area contributed by atoms with Gasteiger partial charge in [0, 0.05) is 18.0 Å². The second kappa shape index (κ2) is 13.3. The van der Waals surface area contributed by atoms with Crippen molar-refractivity contribution < 1.29 is 4.74 Å². The number of aromatic nitrogens is 2. The summed E-state index contributed by atoms with van der Waals surface area (Å²) >= 11 is 0. The number of benzene rings is 1. The number of unbranched alkanes of at least 4 members (excludes halogenated alkanes) is 7. The summed E-state index contributed by atoms with van der Waals surface area (Å²) in [6.45, 7) is 6.64. The maximum absolute atomic E-state index is 6.01. The van der Waals surface area contributed by atoms with Gasteiger partial charge in [-0.15, -0.1) is 0 Å². The summed E-state index contributed by atoms with van der Waals surface area (Å²) in [6.07, 6.45) is 18.1. The molecule has 1 atom stereocenters. The zero-order chi connectivity index (χ0) is 20.0. The van der Waals surface area contributed by atoms with E-state index < -0.39 is 0 Å². The molecule has 0 radical (unpaired) electrons. The fraction of sp³-hybridized carbons (Fsp3) is 0.600. The lowest BCUT2D eigenvalue weighted by molar-refractivity contribution is 0.206. The maximum Gasteiger partial charge on any atom is 0.159 e. The van der Waals surface area contributed by atoms with Crippen molar-refractivity contribution in [3.05, 3.63) is 42.2 Å². The van der Waals surface area contributed by atoms with Gasteiger partial charge in [-0.05, 0) is 62.4 Å². The summed E-state index contributed by atoms with van der Waals surface area (Å²) in [4.78, 5) is 9.13. The van der Waals surface area contributed by atoms with Gasteiger partial charge in [-0.25, -0.2) is 9.97 Å². The highest BCUT2D eigenvalue weighted by Crippen LogP contribution is 2.21. The Labute approximate surface area is 172 Å². The summed E-state index contributed by atoms with van der Waals surface area (Å²) < 4.78 is 6.01. The lowest BCUT2D eigenvalue weighted by atomic mass is 10.1. The lowest BCUT2D eigenvalue weighted by Gasteiger charge is -2.14. The van der Waals surface area contributed by atoms with Gasteiger partial charge in [-0.2, -0.15) is 0 Å². The SMILES string of the molecule is CCCCCCCCc1cnc(-c2ccc(O[C@@H](C)CCCCC)cc2)nc1. The van der Waals surface area contributed by atoms with Gasteiger partial charge in [0.25, 0.3) is 0 Å². The Morgan fingerprint density at radius 2 is 1.39 bits per heavy atom. The van der Waals surface area contributed by atoms with Crippen LogP contribution in [0.4, 0.5) is 0 Å². The van der Waals surface area contributed by atoms with Crippen LogP contribution in [0.25, 0.3) is 11.4 Å². The average molecular weight is 383 g/mol. The van der Waals surface area contributed by atoms with E-state index in [4.69, 9.17) is 4.74 Å². The molecule has 0 N–H and O–H groups in total. The first kappa shape index (κ1) is 22.4. The standard InChI is InChI=1S/C25H38N2O/c1-4-6-8-9-10-12-14-22-19-26-25(27-20-22)23-15-17-24(18-16-23)28-21(3)13-11-7-5-2/h15-21H,4-14H2,1-3H3/t21-/m0/s1. The Kier molecular flexibility index (Phi) is 10.6. The number of rotatable bonds is 14. The molecule has 1 aromatic heterocycles. The van der Waals surface area contributed by atoms with Crippen LogP contribution < -0.4 is 4.74 Å². The average Bonchev–Trinajstić information content (AvgIpc) is 2.72. The minimum Gasteiger partial charge on any atom is -0.491 e. The predicted octanol–water partition coefficient (Wildman–Crippen LogP) is 7.39. The lowest BCUT2D eigenvalue weighted by Crippen LogP contribution is -2.11. The number of hydrogen-bond acceptors (Lipinski definition) is 3. The third-order valence-electron chi connectivity index (χ3n) is 5.19. The van der Waals surface area contributed by atoms with Crippen LogP contribution in [-0.4, -0.2) is 16.1 Å². The van der Waals surface area contributed by atoms with Crippen LogP contribution in [0.15, 0.2) is 36.7 Å². The van der Waals surface area contributed by atoms with Crippen LogP contribution in [-0.2, 0) is 6.42 Å². The van der Waals surface area contributed by atoms with E-state index in [9.17, 15) is 0 Å². The molecule has 0 bridgehead atoms. The fourth-order valence-corrected chi connectivity index (χ4v) is 3.40. The molecule has 3 heteroatoms. The highest BCUT2D eigenvalue weighted by Gasteiger charge is 2.06. The quantitative estimate of drug-likeness (QED) is 0.319. The topological polar surface area (TPSA) is 35.0 Å². The van der Waals surface area contributed by atoms with Gasteiger partial charge in [0.15, 0.2) is 5.82 Å². The molecule has 0 fully saturated rings. The zero-order valence-electron chi connectivity index (χ0n) is 18.1. The summed E-state index contributed by atoms with van der Waals surface area (Å²) in [5, 5.41) is 0. The first-order chi connectivity index (χ1) is 13.7. The van der Waals surface area contributed by atoms with E-state index in [0.29, 0.717) is 0 Å². The van der Waals surface area contributed by atoms with Crippen LogP contribution in [0.2, 0.25) is 0 Å². The molecule has 0 aliphatic heterocycles. The second-order valence-corrected chi connectivity index (χ2v) is 7.88. The summed E-state index contributed by atoms with van der Waals surface area (Å²) in [5.74, 6) is 1.71. The molecule has 0 spiro atoms. The third-order valence-corrected chi connectivity index (χ3v) is 5.19. The molecule has 3 nitrogen and oxygen atoms in total. The summed E-state index contributed by atoms with van der Waals surface area (Å²) in [5.41, 5.74) is 2.28. The van der Waals surface area contributed by atoms with Crippen LogP contribution in [0.3, 0.4) is 0 Å². The van der Waals surface area contributed by atoms with Crippen LogP contribution in [0.1, 0.15) is 90.5 Å². The highest BCUT2D eigenvalue weighted by atomic mass is 16.5. The number of hydrogen-bond donors (Lipinski definition) is 0. The summed E-state index contributed by atoms with van der Waals surface area (Å²) in [6, 6.07) is 8.16. The van der Waals surface area contributed by atoms with Crippen molar-refractivity contribution in [2.24, 2.45) is 0 Å². The molecular weight excluding hydrogens is 344 g/mol. The highest BCUT2D eigenvalue weighted by molar-refractivity contribution is 5.55. The minimum absolute atomic E-state index is 0.259. The Bertz CT molecular complexity index is 637. The van der Waals surface area contributed by atoms with Gasteiger partial charge in [0.1, 0.15) is 5.75 Å². The van der Waals surface area contributed by atoms with E-state index in [1.807, 2.05) is 24.5 Å².